The summed E-state index contributed by atoms with van der Waals surface area (Å²) in [6.07, 6.45) is 6.14. The number of nitrogens with zero attached hydrogens (tertiary/aromatic N) is 6. The highest BCUT2D eigenvalue weighted by Crippen LogP contribution is 2.45. The molecule has 9 nitrogen and oxygen atoms in total. The summed E-state index contributed by atoms with van der Waals surface area (Å²) in [4.78, 5) is 18.0. The van der Waals surface area contributed by atoms with Crippen molar-refractivity contribution in [1.29, 1.82) is 5.26 Å². The van der Waals surface area contributed by atoms with Crippen LogP contribution in [0.5, 0.6) is 0 Å². The molecule has 40 heavy (non-hydrogen) atoms. The number of nitriles is 1. The molecule has 0 bridgehead atoms. The van der Waals surface area contributed by atoms with Gasteiger partial charge in [0.1, 0.15) is 16.6 Å². The van der Waals surface area contributed by atoms with Crippen LogP contribution >= 0.6 is 11.3 Å². The number of pyridine rings is 1. The van der Waals surface area contributed by atoms with E-state index in [1.807, 2.05) is 6.07 Å². The summed E-state index contributed by atoms with van der Waals surface area (Å²) in [7, 11) is 2.12. The van der Waals surface area contributed by atoms with Gasteiger partial charge in [-0.2, -0.15) is 5.26 Å². The van der Waals surface area contributed by atoms with E-state index < -0.39 is 11.6 Å². The number of halogens is 2. The third-order valence-electron chi connectivity index (χ3n) is 8.32. The van der Waals surface area contributed by atoms with Gasteiger partial charge in [-0.1, -0.05) is 0 Å². The summed E-state index contributed by atoms with van der Waals surface area (Å²) in [6, 6.07) is 2.36. The first-order chi connectivity index (χ1) is 19.4. The van der Waals surface area contributed by atoms with Crippen molar-refractivity contribution < 1.29 is 18.3 Å². The quantitative estimate of drug-likeness (QED) is 0.378. The van der Waals surface area contributed by atoms with Gasteiger partial charge in [-0.15, -0.1) is 11.3 Å². The number of ether oxygens (including phenoxy) is 2. The summed E-state index contributed by atoms with van der Waals surface area (Å²) in [5.41, 5.74) is 7.99. The molecule has 2 atom stereocenters. The fourth-order valence-corrected chi connectivity index (χ4v) is 7.15. The molecule has 3 aliphatic rings. The lowest BCUT2D eigenvalue weighted by molar-refractivity contribution is 0.0708. The topological polar surface area (TPSA) is 113 Å². The summed E-state index contributed by atoms with van der Waals surface area (Å²) < 4.78 is 42.9. The number of likely N-dealkylation sites (N-methyl/N-ethyl adjacent to an activating group) is 1. The number of hydrogen-bond acceptors (Lipinski definition) is 10. The van der Waals surface area contributed by atoms with Crippen LogP contribution in [0.25, 0.3) is 32.2 Å². The highest BCUT2D eigenvalue weighted by atomic mass is 32.1. The highest BCUT2D eigenvalue weighted by molar-refractivity contribution is 7.23. The monoisotopic (exact) mass is 563 g/mol. The van der Waals surface area contributed by atoms with Crippen LogP contribution in [0.2, 0.25) is 0 Å². The molecule has 0 radical (unpaired) electrons. The lowest BCUT2D eigenvalue weighted by atomic mass is 9.94. The molecular formula is C28H27F2N7O2S. The molecule has 0 aliphatic carbocycles. The Balaban J connectivity index is 1.30. The van der Waals surface area contributed by atoms with Crippen molar-refractivity contribution in [3.8, 4) is 17.3 Å². The van der Waals surface area contributed by atoms with Gasteiger partial charge in [-0.3, -0.25) is 9.88 Å². The maximum absolute atomic E-state index is 16.5. The van der Waals surface area contributed by atoms with Crippen LogP contribution in [0.15, 0.2) is 12.4 Å². The zero-order valence-electron chi connectivity index (χ0n) is 21.9. The minimum absolute atomic E-state index is 0.0905. The van der Waals surface area contributed by atoms with Crippen molar-refractivity contribution in [3.63, 3.8) is 0 Å². The van der Waals surface area contributed by atoms with Crippen molar-refractivity contribution in [2.45, 2.75) is 44.6 Å². The first-order valence-corrected chi connectivity index (χ1v) is 14.2. The van der Waals surface area contributed by atoms with Gasteiger partial charge in [0, 0.05) is 54.8 Å². The minimum atomic E-state index is -0.608. The minimum Gasteiger partial charge on any atom is -0.389 e. The zero-order valence-corrected chi connectivity index (χ0v) is 22.7. The number of benzene rings is 1. The van der Waals surface area contributed by atoms with E-state index in [1.165, 1.54) is 0 Å². The molecule has 2 fully saturated rings. The summed E-state index contributed by atoms with van der Waals surface area (Å²) >= 11 is 0.955. The van der Waals surface area contributed by atoms with Crippen molar-refractivity contribution in [1.82, 2.24) is 19.9 Å². The lowest BCUT2D eigenvalue weighted by Gasteiger charge is -2.27. The van der Waals surface area contributed by atoms with Crippen LogP contribution in [0.3, 0.4) is 0 Å². The largest absolute Gasteiger partial charge is 0.389 e. The molecule has 1 aromatic carbocycles. The number of hydrogen-bond donors (Lipinski definition) is 1. The molecule has 2 saturated heterocycles. The Morgan fingerprint density at radius 3 is 2.88 bits per heavy atom. The molecule has 2 N–H and O–H groups in total. The van der Waals surface area contributed by atoms with Gasteiger partial charge in [-0.05, 0) is 37.4 Å². The van der Waals surface area contributed by atoms with Crippen LogP contribution < -0.4 is 10.6 Å². The predicted octanol–water partition coefficient (Wildman–Crippen LogP) is 4.36. The number of nitrogen functional groups attached to an aromatic ring is 1. The van der Waals surface area contributed by atoms with Crippen LogP contribution in [0, 0.1) is 23.0 Å². The lowest BCUT2D eigenvalue weighted by Crippen LogP contribution is -2.39. The van der Waals surface area contributed by atoms with E-state index in [-0.39, 0.29) is 56.7 Å². The second-order valence-corrected chi connectivity index (χ2v) is 11.7. The van der Waals surface area contributed by atoms with E-state index in [0.717, 1.165) is 68.6 Å². The van der Waals surface area contributed by atoms with Crippen LogP contribution in [0.4, 0.5) is 19.7 Å². The van der Waals surface area contributed by atoms with E-state index in [0.29, 0.717) is 22.9 Å². The van der Waals surface area contributed by atoms with Gasteiger partial charge in [0.05, 0.1) is 41.5 Å². The summed E-state index contributed by atoms with van der Waals surface area (Å²) in [5, 5.41) is 10.7. The number of anilines is 2. The highest BCUT2D eigenvalue weighted by Gasteiger charge is 2.32. The maximum atomic E-state index is 16.5. The van der Waals surface area contributed by atoms with Gasteiger partial charge in [0.2, 0.25) is 5.95 Å². The zero-order chi connectivity index (χ0) is 27.5. The van der Waals surface area contributed by atoms with Gasteiger partial charge in [-0.25, -0.2) is 18.7 Å². The number of nitrogens with two attached hydrogens (primary N) is 1. The summed E-state index contributed by atoms with van der Waals surface area (Å²) in [5.74, 6) is -0.745. The molecule has 3 aromatic heterocycles. The standard InChI is InChI=1S/C28H27F2N7O2S/c1-36(11-15-3-2-6-39-15)14-4-5-37(10-14)28-34-8-17-18-12-38-13-19(18)21(23(30)24(17)35-28)25-22-16(7-31)27(32)40-26(22)20(29)9-33-25/h8-9,14-15H,2-6,10-13,32H2,1H3/t14-,15?/m0/s1. The van der Waals surface area contributed by atoms with Gasteiger partial charge in [0.25, 0.3) is 0 Å². The average Bonchev–Trinajstić information content (AvgIpc) is 3.76. The Labute approximate surface area is 233 Å². The third kappa shape index (κ3) is 3.99. The van der Waals surface area contributed by atoms with Crippen molar-refractivity contribution in [3.05, 3.63) is 40.7 Å². The van der Waals surface area contributed by atoms with Crippen molar-refractivity contribution in [2.24, 2.45) is 0 Å². The third-order valence-corrected chi connectivity index (χ3v) is 9.34. The normalized spacial score (nSPS) is 20.7. The first kappa shape index (κ1) is 25.5. The Morgan fingerprint density at radius 2 is 2.08 bits per heavy atom. The molecule has 0 spiro atoms. The molecular weight excluding hydrogens is 536 g/mol. The second-order valence-electron chi connectivity index (χ2n) is 10.6. The molecule has 12 heteroatoms. The molecule has 6 heterocycles. The smallest absolute Gasteiger partial charge is 0.226 e. The Hall–Kier alpha value is -3.50. The van der Waals surface area contributed by atoms with Gasteiger partial charge in [0.15, 0.2) is 11.6 Å². The van der Waals surface area contributed by atoms with Gasteiger partial charge < -0.3 is 20.1 Å². The van der Waals surface area contributed by atoms with E-state index in [2.05, 4.69) is 26.8 Å². The maximum Gasteiger partial charge on any atom is 0.226 e. The first-order valence-electron chi connectivity index (χ1n) is 13.4. The fourth-order valence-electron chi connectivity index (χ4n) is 6.23. The Kier molecular flexibility index (Phi) is 6.27. The molecule has 7 rings (SSSR count). The van der Waals surface area contributed by atoms with E-state index in [9.17, 15) is 9.65 Å². The van der Waals surface area contributed by atoms with E-state index in [4.69, 9.17) is 20.2 Å². The molecule has 0 amide bonds. The summed E-state index contributed by atoms with van der Waals surface area (Å²) in [6.45, 7) is 3.64. The molecule has 3 aliphatic heterocycles. The predicted molar refractivity (Wildman–Crippen MR) is 148 cm³/mol. The van der Waals surface area contributed by atoms with Crippen molar-refractivity contribution >= 4 is 43.3 Å². The van der Waals surface area contributed by atoms with E-state index in [1.54, 1.807) is 6.20 Å². The Morgan fingerprint density at radius 1 is 1.23 bits per heavy atom. The van der Waals surface area contributed by atoms with Crippen LogP contribution in [-0.4, -0.2) is 65.3 Å². The average molecular weight is 564 g/mol. The Bertz CT molecular complexity index is 1700. The number of fused-ring (bicyclic) bond motifs is 4. The van der Waals surface area contributed by atoms with Crippen LogP contribution in [0.1, 0.15) is 36.0 Å². The van der Waals surface area contributed by atoms with E-state index >= 15 is 4.39 Å². The molecule has 1 unspecified atom stereocenters. The number of aromatic nitrogens is 3. The van der Waals surface area contributed by atoms with Gasteiger partial charge >= 0.3 is 0 Å². The molecule has 206 valence electrons. The SMILES string of the molecule is CN(CC1CCCO1)[C@H]1CCN(c2ncc3c4c(c(-c5ncc(F)c6sc(N)c(C#N)c56)c(F)c3n2)COC4)C1. The molecule has 4 aromatic rings. The molecule has 0 saturated carbocycles. The number of thiophene rings is 1. The number of rotatable bonds is 5. The fraction of sp³-hybridized carbons (Fsp3) is 0.429. The van der Waals surface area contributed by atoms with Crippen molar-refractivity contribution in [2.75, 3.05) is 43.9 Å². The van der Waals surface area contributed by atoms with Crippen LogP contribution in [-0.2, 0) is 22.7 Å². The second kappa shape index (κ2) is 9.85.